The van der Waals surface area contributed by atoms with Gasteiger partial charge in [0.25, 0.3) is 0 Å². The number of phenolic OH excluding ortho intramolecular Hbond substituents is 1. The fourth-order valence-corrected chi connectivity index (χ4v) is 2.70. The van der Waals surface area contributed by atoms with Crippen molar-refractivity contribution in [3.05, 3.63) is 53.6 Å². The third-order valence-corrected chi connectivity index (χ3v) is 4.08. The number of hydrogen-bond acceptors (Lipinski definition) is 4. The Bertz CT molecular complexity index is 708. The first-order valence-electron chi connectivity index (χ1n) is 9.17. The fraction of sp³-hybridized carbons (Fsp3) is 0.381. The van der Waals surface area contributed by atoms with Crippen LogP contribution in [0.4, 0.5) is 0 Å². The fourth-order valence-electron chi connectivity index (χ4n) is 2.70. The Kier molecular flexibility index (Phi) is 8.29. The van der Waals surface area contributed by atoms with Crippen molar-refractivity contribution >= 4 is 5.96 Å². The van der Waals surface area contributed by atoms with E-state index >= 15 is 0 Å². The smallest absolute Gasteiger partial charge is 0.200 e. The lowest BCUT2D eigenvalue weighted by atomic mass is 10.1. The van der Waals surface area contributed by atoms with Crippen molar-refractivity contribution in [2.75, 3.05) is 27.3 Å². The summed E-state index contributed by atoms with van der Waals surface area (Å²) in [5, 5.41) is 16.6. The highest BCUT2D eigenvalue weighted by atomic mass is 16.5. The van der Waals surface area contributed by atoms with Crippen molar-refractivity contribution in [1.29, 1.82) is 0 Å². The van der Waals surface area contributed by atoms with Gasteiger partial charge in [0, 0.05) is 13.1 Å². The first kappa shape index (κ1) is 20.4. The van der Waals surface area contributed by atoms with Crippen LogP contribution < -0.4 is 20.1 Å². The molecule has 0 saturated carbocycles. The van der Waals surface area contributed by atoms with E-state index in [1.165, 1.54) is 19.8 Å². The number of ether oxygens (including phenoxy) is 2. The number of nitrogens with one attached hydrogen (secondary N) is 2. The molecule has 0 aliphatic carbocycles. The third-order valence-electron chi connectivity index (χ3n) is 4.08. The van der Waals surface area contributed by atoms with E-state index in [0.29, 0.717) is 18.0 Å². The quantitative estimate of drug-likeness (QED) is 0.359. The van der Waals surface area contributed by atoms with Crippen LogP contribution in [0.3, 0.4) is 0 Å². The summed E-state index contributed by atoms with van der Waals surface area (Å²) in [7, 11) is 3.03. The molecule has 0 heterocycles. The summed E-state index contributed by atoms with van der Waals surface area (Å²) >= 11 is 0. The summed E-state index contributed by atoms with van der Waals surface area (Å²) in [5.74, 6) is 1.51. The van der Waals surface area contributed by atoms with E-state index in [-0.39, 0.29) is 5.75 Å². The van der Waals surface area contributed by atoms with Gasteiger partial charge in [0.15, 0.2) is 17.5 Å². The standard InChI is InChI=1S/C21H29N3O3/c1-4-22-21(23-12-8-11-16-9-6-5-7-10-16)24-15-17-13-18(26-2)20(25)19(14-17)27-3/h5-7,9-10,13-14,25H,4,8,11-12,15H2,1-3H3,(H2,22,23,24). The molecule has 0 saturated heterocycles. The van der Waals surface area contributed by atoms with Crippen LogP contribution in [0.15, 0.2) is 47.5 Å². The van der Waals surface area contributed by atoms with Crippen LogP contribution in [0.1, 0.15) is 24.5 Å². The zero-order valence-electron chi connectivity index (χ0n) is 16.3. The molecule has 6 heteroatoms. The molecule has 27 heavy (non-hydrogen) atoms. The molecule has 2 rings (SSSR count). The van der Waals surface area contributed by atoms with Gasteiger partial charge in [-0.25, -0.2) is 4.99 Å². The zero-order chi connectivity index (χ0) is 19.5. The number of guanidine groups is 1. The van der Waals surface area contributed by atoms with Gasteiger partial charge in [0.2, 0.25) is 5.75 Å². The normalized spacial score (nSPS) is 11.1. The van der Waals surface area contributed by atoms with E-state index in [1.807, 2.05) is 13.0 Å². The molecule has 0 bridgehead atoms. The van der Waals surface area contributed by atoms with Gasteiger partial charge in [-0.1, -0.05) is 30.3 Å². The average Bonchev–Trinajstić information content (AvgIpc) is 2.70. The molecule has 0 atom stereocenters. The Morgan fingerprint density at radius 3 is 2.26 bits per heavy atom. The van der Waals surface area contributed by atoms with Gasteiger partial charge >= 0.3 is 0 Å². The largest absolute Gasteiger partial charge is 0.502 e. The first-order chi connectivity index (χ1) is 13.2. The third kappa shape index (κ3) is 6.40. The predicted octanol–water partition coefficient (Wildman–Crippen LogP) is 3.10. The topological polar surface area (TPSA) is 75.1 Å². The van der Waals surface area contributed by atoms with Crippen molar-refractivity contribution in [3.63, 3.8) is 0 Å². The van der Waals surface area contributed by atoms with Crippen LogP contribution in [0.5, 0.6) is 17.2 Å². The second-order valence-corrected chi connectivity index (χ2v) is 6.06. The molecule has 3 N–H and O–H groups in total. The second kappa shape index (κ2) is 11.0. The molecule has 0 radical (unpaired) electrons. The molecule has 0 amide bonds. The molecule has 0 aliphatic heterocycles. The molecular weight excluding hydrogens is 342 g/mol. The number of phenols is 1. The maximum Gasteiger partial charge on any atom is 0.200 e. The van der Waals surface area contributed by atoms with Crippen molar-refractivity contribution in [3.8, 4) is 17.2 Å². The lowest BCUT2D eigenvalue weighted by Crippen LogP contribution is -2.37. The molecule has 6 nitrogen and oxygen atoms in total. The van der Waals surface area contributed by atoms with Crippen LogP contribution in [0, 0.1) is 0 Å². The number of aryl methyl sites for hydroxylation is 1. The van der Waals surface area contributed by atoms with Gasteiger partial charge in [-0.2, -0.15) is 0 Å². The van der Waals surface area contributed by atoms with Gasteiger partial charge in [-0.3, -0.25) is 0 Å². The zero-order valence-corrected chi connectivity index (χ0v) is 16.3. The van der Waals surface area contributed by atoms with Crippen LogP contribution in [-0.2, 0) is 13.0 Å². The van der Waals surface area contributed by atoms with Crippen molar-refractivity contribution in [2.45, 2.75) is 26.3 Å². The molecule has 0 aliphatic rings. The molecule has 2 aromatic carbocycles. The van der Waals surface area contributed by atoms with E-state index in [1.54, 1.807) is 12.1 Å². The summed E-state index contributed by atoms with van der Waals surface area (Å²) in [5.41, 5.74) is 2.23. The lowest BCUT2D eigenvalue weighted by molar-refractivity contribution is 0.339. The number of aliphatic imine (C=N–C) groups is 1. The predicted molar refractivity (Wildman–Crippen MR) is 109 cm³/mol. The van der Waals surface area contributed by atoms with Crippen LogP contribution in [0.2, 0.25) is 0 Å². The van der Waals surface area contributed by atoms with Crippen LogP contribution >= 0.6 is 0 Å². The summed E-state index contributed by atoms with van der Waals surface area (Å²) < 4.78 is 10.4. The Labute approximate surface area is 161 Å². The number of aromatic hydroxyl groups is 1. The highest BCUT2D eigenvalue weighted by molar-refractivity contribution is 5.79. The summed E-state index contributed by atoms with van der Waals surface area (Å²) in [6.07, 6.45) is 2.05. The Hall–Kier alpha value is -2.89. The molecule has 0 spiro atoms. The maximum atomic E-state index is 10.0. The SMILES string of the molecule is CCNC(=NCc1cc(OC)c(O)c(OC)c1)NCCCc1ccccc1. The summed E-state index contributed by atoms with van der Waals surface area (Å²) in [4.78, 5) is 4.61. The maximum absolute atomic E-state index is 10.0. The molecule has 146 valence electrons. The molecule has 2 aromatic rings. The highest BCUT2D eigenvalue weighted by Gasteiger charge is 2.11. The number of rotatable bonds is 9. The molecule has 0 unspecified atom stereocenters. The van der Waals surface area contributed by atoms with Gasteiger partial charge in [-0.05, 0) is 43.0 Å². The Balaban J connectivity index is 1.94. The Morgan fingerprint density at radius 2 is 1.67 bits per heavy atom. The minimum Gasteiger partial charge on any atom is -0.502 e. The van der Waals surface area contributed by atoms with E-state index in [0.717, 1.165) is 37.5 Å². The van der Waals surface area contributed by atoms with Crippen LogP contribution in [0.25, 0.3) is 0 Å². The number of nitrogens with zero attached hydrogens (tertiary/aromatic N) is 1. The second-order valence-electron chi connectivity index (χ2n) is 6.06. The molecular formula is C21H29N3O3. The monoisotopic (exact) mass is 371 g/mol. The van der Waals surface area contributed by atoms with Gasteiger partial charge in [0.1, 0.15) is 0 Å². The van der Waals surface area contributed by atoms with Crippen molar-refractivity contribution in [1.82, 2.24) is 10.6 Å². The Morgan fingerprint density at radius 1 is 1.00 bits per heavy atom. The van der Waals surface area contributed by atoms with E-state index in [4.69, 9.17) is 9.47 Å². The van der Waals surface area contributed by atoms with E-state index < -0.39 is 0 Å². The first-order valence-corrected chi connectivity index (χ1v) is 9.17. The number of benzene rings is 2. The van der Waals surface area contributed by atoms with E-state index in [2.05, 4.69) is 39.9 Å². The summed E-state index contributed by atoms with van der Waals surface area (Å²) in [6.45, 7) is 4.10. The number of hydrogen-bond donors (Lipinski definition) is 3. The minimum atomic E-state index is -0.00123. The average molecular weight is 371 g/mol. The van der Waals surface area contributed by atoms with Crippen molar-refractivity contribution in [2.24, 2.45) is 4.99 Å². The lowest BCUT2D eigenvalue weighted by Gasteiger charge is -2.13. The number of methoxy groups -OCH3 is 2. The van der Waals surface area contributed by atoms with E-state index in [9.17, 15) is 5.11 Å². The molecule has 0 fully saturated rings. The van der Waals surface area contributed by atoms with Crippen LogP contribution in [-0.4, -0.2) is 38.4 Å². The van der Waals surface area contributed by atoms with Gasteiger partial charge in [0.05, 0.1) is 20.8 Å². The van der Waals surface area contributed by atoms with Gasteiger partial charge < -0.3 is 25.2 Å². The van der Waals surface area contributed by atoms with Gasteiger partial charge in [-0.15, -0.1) is 0 Å². The minimum absolute atomic E-state index is 0.00123. The molecule has 0 aromatic heterocycles. The highest BCUT2D eigenvalue weighted by Crippen LogP contribution is 2.37. The summed E-state index contributed by atoms with van der Waals surface area (Å²) in [6, 6.07) is 14.0. The van der Waals surface area contributed by atoms with Crippen molar-refractivity contribution < 1.29 is 14.6 Å².